The minimum atomic E-state index is 1.09. The van der Waals surface area contributed by atoms with E-state index in [1.54, 1.807) is 17.4 Å². The van der Waals surface area contributed by atoms with Crippen molar-refractivity contribution in [3.63, 3.8) is 0 Å². The second-order valence-electron chi connectivity index (χ2n) is 9.49. The maximum atomic E-state index is 4.07. The average molecular weight is 521 g/mol. The molecule has 190 valence electrons. The molecular weight excluding hydrogens is 488 g/mol. The maximum Gasteiger partial charge on any atom is 0.0349 e. The molecule has 5 aromatic rings. The summed E-state index contributed by atoms with van der Waals surface area (Å²) in [6.45, 7) is 16.1. The molecule has 1 heteroatoms. The van der Waals surface area contributed by atoms with E-state index < -0.39 is 0 Å². The standard InChI is InChI=1S/C38H32S/c1-6-13-27(8-3)35-23-24-36(39-35)28-19-21-29(22-20-28)37-32(14-7-2)31(9-4)38(30-16-12-15-26(5)25-30)34-18-11-10-17-33(34)37/h6-25H,1-3H2,4-5H3/b27-13+,31-9+,32-14+. The highest BCUT2D eigenvalue weighted by molar-refractivity contribution is 7.16. The Morgan fingerprint density at radius 3 is 2.00 bits per heavy atom. The summed E-state index contributed by atoms with van der Waals surface area (Å²) in [5.41, 5.74) is 8.47. The van der Waals surface area contributed by atoms with Crippen molar-refractivity contribution >= 4 is 39.8 Å². The molecule has 0 nitrogen and oxygen atoms in total. The van der Waals surface area contributed by atoms with Crippen molar-refractivity contribution in [1.82, 2.24) is 0 Å². The number of fused-ring (bicyclic) bond motifs is 1. The molecule has 0 aliphatic heterocycles. The third-order valence-corrected chi connectivity index (χ3v) is 8.22. The monoisotopic (exact) mass is 520 g/mol. The zero-order chi connectivity index (χ0) is 27.4. The Bertz CT molecular complexity index is 1860. The van der Waals surface area contributed by atoms with Gasteiger partial charge in [-0.25, -0.2) is 0 Å². The molecule has 4 aromatic carbocycles. The summed E-state index contributed by atoms with van der Waals surface area (Å²) in [5, 5.41) is 4.92. The minimum Gasteiger partial charge on any atom is -0.135 e. The molecule has 0 atom stereocenters. The summed E-state index contributed by atoms with van der Waals surface area (Å²) in [7, 11) is 0. The van der Waals surface area contributed by atoms with E-state index in [0.29, 0.717) is 0 Å². The van der Waals surface area contributed by atoms with Gasteiger partial charge in [-0.3, -0.25) is 0 Å². The molecule has 0 bridgehead atoms. The van der Waals surface area contributed by atoms with Gasteiger partial charge in [-0.1, -0.05) is 135 Å². The van der Waals surface area contributed by atoms with Crippen molar-refractivity contribution in [2.75, 3.05) is 0 Å². The van der Waals surface area contributed by atoms with E-state index in [-0.39, 0.29) is 0 Å². The Balaban J connectivity index is 1.72. The van der Waals surface area contributed by atoms with Crippen LogP contribution in [0.15, 0.2) is 129 Å². The van der Waals surface area contributed by atoms with Crippen LogP contribution in [0.2, 0.25) is 0 Å². The number of aryl methyl sites for hydroxylation is 1. The molecule has 0 radical (unpaired) electrons. The van der Waals surface area contributed by atoms with Gasteiger partial charge in [0.05, 0.1) is 0 Å². The zero-order valence-electron chi connectivity index (χ0n) is 22.6. The van der Waals surface area contributed by atoms with E-state index in [4.69, 9.17) is 0 Å². The molecule has 0 fully saturated rings. The maximum absolute atomic E-state index is 4.07. The number of hydrogen-bond acceptors (Lipinski definition) is 1. The predicted molar refractivity (Wildman–Crippen MR) is 175 cm³/mol. The van der Waals surface area contributed by atoms with Crippen LogP contribution in [0.1, 0.15) is 17.4 Å². The number of benzene rings is 4. The Morgan fingerprint density at radius 1 is 0.692 bits per heavy atom. The van der Waals surface area contributed by atoms with Crippen molar-refractivity contribution < 1.29 is 0 Å². The summed E-state index contributed by atoms with van der Waals surface area (Å²) in [4.78, 5) is 2.42. The first kappa shape index (κ1) is 26.2. The van der Waals surface area contributed by atoms with Crippen molar-refractivity contribution in [3.05, 3.63) is 150 Å². The number of thiophene rings is 1. The van der Waals surface area contributed by atoms with Crippen LogP contribution in [0.25, 0.3) is 61.2 Å². The number of hydrogen-bond donors (Lipinski definition) is 0. The summed E-state index contributed by atoms with van der Waals surface area (Å²) in [6.07, 6.45) is 12.0. The van der Waals surface area contributed by atoms with Crippen LogP contribution in [0, 0.1) is 6.92 Å². The summed E-state index contributed by atoms with van der Waals surface area (Å²) >= 11 is 1.77. The van der Waals surface area contributed by atoms with Gasteiger partial charge >= 0.3 is 0 Å². The molecule has 0 N–H and O–H groups in total. The lowest BCUT2D eigenvalue weighted by Crippen LogP contribution is -2.29. The van der Waals surface area contributed by atoms with Crippen molar-refractivity contribution in [3.8, 4) is 32.7 Å². The molecular formula is C38H32S. The fraction of sp³-hybridized carbons (Fsp3) is 0.0526. The molecule has 0 aliphatic carbocycles. The molecule has 0 saturated heterocycles. The minimum absolute atomic E-state index is 1.09. The van der Waals surface area contributed by atoms with E-state index in [1.165, 1.54) is 64.3 Å². The van der Waals surface area contributed by atoms with Gasteiger partial charge in [0.25, 0.3) is 0 Å². The molecule has 0 amide bonds. The lowest BCUT2D eigenvalue weighted by atomic mass is 9.87. The van der Waals surface area contributed by atoms with Crippen LogP contribution >= 0.6 is 11.3 Å². The normalized spacial score (nSPS) is 12.6. The van der Waals surface area contributed by atoms with E-state index in [0.717, 1.165) is 5.57 Å². The molecule has 0 unspecified atom stereocenters. The first-order valence-corrected chi connectivity index (χ1v) is 14.0. The van der Waals surface area contributed by atoms with Crippen LogP contribution in [-0.2, 0) is 0 Å². The number of allylic oxidation sites excluding steroid dienone is 5. The fourth-order valence-electron chi connectivity index (χ4n) is 5.32. The summed E-state index contributed by atoms with van der Waals surface area (Å²) < 4.78 is 0. The van der Waals surface area contributed by atoms with Gasteiger partial charge in [-0.2, -0.15) is 0 Å². The number of rotatable bonds is 7. The third-order valence-electron chi connectivity index (χ3n) is 7.04. The van der Waals surface area contributed by atoms with Crippen LogP contribution in [0.4, 0.5) is 0 Å². The molecule has 5 rings (SSSR count). The van der Waals surface area contributed by atoms with Gasteiger partial charge in [-0.05, 0) is 80.6 Å². The first-order chi connectivity index (χ1) is 19.1. The largest absolute Gasteiger partial charge is 0.135 e. The van der Waals surface area contributed by atoms with Gasteiger partial charge < -0.3 is 0 Å². The highest BCUT2D eigenvalue weighted by Crippen LogP contribution is 2.35. The SMILES string of the molecule is C=C/C=c1/c(-c2ccc(-c3ccc(/C(C=C)=C/C=C)s3)cc2)c2ccccc2c(-c2cccc(C)c2)/c1=C/C. The third kappa shape index (κ3) is 5.02. The molecule has 0 saturated carbocycles. The highest BCUT2D eigenvalue weighted by Gasteiger charge is 2.15. The van der Waals surface area contributed by atoms with Gasteiger partial charge in [0.1, 0.15) is 0 Å². The second kappa shape index (κ2) is 11.5. The van der Waals surface area contributed by atoms with E-state index in [9.17, 15) is 0 Å². The first-order valence-electron chi connectivity index (χ1n) is 13.2. The van der Waals surface area contributed by atoms with Crippen LogP contribution in [0.3, 0.4) is 0 Å². The summed E-state index contributed by atoms with van der Waals surface area (Å²) in [6, 6.07) is 30.8. The van der Waals surface area contributed by atoms with Crippen molar-refractivity contribution in [1.29, 1.82) is 0 Å². The zero-order valence-corrected chi connectivity index (χ0v) is 23.4. The summed E-state index contributed by atoms with van der Waals surface area (Å²) in [5.74, 6) is 0. The van der Waals surface area contributed by atoms with Gasteiger partial charge in [0, 0.05) is 9.75 Å². The van der Waals surface area contributed by atoms with Crippen LogP contribution in [-0.4, -0.2) is 0 Å². The van der Waals surface area contributed by atoms with E-state index in [2.05, 4.69) is 131 Å². The molecule has 0 spiro atoms. The molecule has 1 aromatic heterocycles. The van der Waals surface area contributed by atoms with Gasteiger partial charge in [0.15, 0.2) is 0 Å². The molecule has 0 aliphatic rings. The fourth-order valence-corrected chi connectivity index (χ4v) is 6.35. The molecule has 1 heterocycles. The van der Waals surface area contributed by atoms with E-state index in [1.807, 2.05) is 18.2 Å². The quantitative estimate of drug-likeness (QED) is 0.187. The topological polar surface area (TPSA) is 0 Å². The Hall–Kier alpha value is -4.46. The Labute approximate surface area is 235 Å². The second-order valence-corrected chi connectivity index (χ2v) is 10.6. The average Bonchev–Trinajstić information content (AvgIpc) is 3.45. The van der Waals surface area contributed by atoms with Gasteiger partial charge in [-0.15, -0.1) is 11.3 Å². The van der Waals surface area contributed by atoms with Crippen LogP contribution < -0.4 is 10.4 Å². The van der Waals surface area contributed by atoms with Gasteiger partial charge in [0.2, 0.25) is 0 Å². The Morgan fingerprint density at radius 2 is 1.38 bits per heavy atom. The molecule has 39 heavy (non-hydrogen) atoms. The van der Waals surface area contributed by atoms with Crippen LogP contribution in [0.5, 0.6) is 0 Å². The Kier molecular flexibility index (Phi) is 7.72. The smallest absolute Gasteiger partial charge is 0.0349 e. The lowest BCUT2D eigenvalue weighted by molar-refractivity contribution is 1.45. The predicted octanol–water partition coefficient (Wildman–Crippen LogP) is 9.73. The van der Waals surface area contributed by atoms with Crippen molar-refractivity contribution in [2.45, 2.75) is 13.8 Å². The van der Waals surface area contributed by atoms with E-state index >= 15 is 0 Å². The highest BCUT2D eigenvalue weighted by atomic mass is 32.1. The van der Waals surface area contributed by atoms with Crippen molar-refractivity contribution in [2.24, 2.45) is 0 Å². The lowest BCUT2D eigenvalue weighted by Gasteiger charge is -2.16.